The summed E-state index contributed by atoms with van der Waals surface area (Å²) in [5, 5.41) is 3.25. The van der Waals surface area contributed by atoms with Gasteiger partial charge in [-0.2, -0.15) is 0 Å². The quantitative estimate of drug-likeness (QED) is 0.715. The minimum absolute atomic E-state index is 0.00661. The average Bonchev–Trinajstić information content (AvgIpc) is 2.01. The maximum absolute atomic E-state index is 11.4. The van der Waals surface area contributed by atoms with E-state index >= 15 is 0 Å². The summed E-state index contributed by atoms with van der Waals surface area (Å²) in [6, 6.07) is 0. The third-order valence-electron chi connectivity index (χ3n) is 2.24. The second-order valence-electron chi connectivity index (χ2n) is 5.37. The zero-order valence-corrected chi connectivity index (χ0v) is 10.9. The van der Waals surface area contributed by atoms with Crippen molar-refractivity contribution in [1.29, 1.82) is 0 Å². The highest BCUT2D eigenvalue weighted by atomic mass is 16.5. The minimum Gasteiger partial charge on any atom is -0.462 e. The van der Waals surface area contributed by atoms with Gasteiger partial charge in [-0.25, -0.2) is 0 Å². The van der Waals surface area contributed by atoms with E-state index in [0.29, 0.717) is 18.9 Å². The molecule has 0 aliphatic heterocycles. The number of carbonyl (C=O) groups is 1. The predicted molar refractivity (Wildman–Crippen MR) is 62.8 cm³/mol. The summed E-state index contributed by atoms with van der Waals surface area (Å²) in [6.07, 6.45) is 0.445. The normalized spacial score (nSPS) is 14.1. The Morgan fingerprint density at radius 1 is 1.27 bits per heavy atom. The largest absolute Gasteiger partial charge is 0.462 e. The fourth-order valence-electron chi connectivity index (χ4n) is 0.942. The molecule has 1 atom stereocenters. The maximum atomic E-state index is 11.4. The van der Waals surface area contributed by atoms with E-state index in [1.165, 1.54) is 0 Å². The predicted octanol–water partition coefficient (Wildman–Crippen LogP) is 2.35. The van der Waals surface area contributed by atoms with Crippen molar-refractivity contribution >= 4 is 5.97 Å². The molecule has 90 valence electrons. The molecule has 0 aromatic carbocycles. The lowest BCUT2D eigenvalue weighted by atomic mass is 10.1. The van der Waals surface area contributed by atoms with Gasteiger partial charge in [0.05, 0.1) is 6.42 Å². The Balaban J connectivity index is 3.67. The molecule has 0 aliphatic rings. The summed E-state index contributed by atoms with van der Waals surface area (Å²) in [7, 11) is 0. The van der Waals surface area contributed by atoms with Crippen LogP contribution in [0.1, 0.15) is 48.0 Å². The molecule has 0 fully saturated rings. The first-order chi connectivity index (χ1) is 6.72. The summed E-state index contributed by atoms with van der Waals surface area (Å²) in [4.78, 5) is 11.4. The lowest BCUT2D eigenvalue weighted by molar-refractivity contribution is -0.150. The van der Waals surface area contributed by atoms with E-state index in [-0.39, 0.29) is 17.6 Å². The molecule has 0 radical (unpaired) electrons. The molecule has 0 saturated heterocycles. The Morgan fingerprint density at radius 3 is 2.20 bits per heavy atom. The summed E-state index contributed by atoms with van der Waals surface area (Å²) in [6.45, 7) is 12.9. The minimum atomic E-state index is -0.118. The molecule has 3 heteroatoms. The van der Waals surface area contributed by atoms with E-state index in [4.69, 9.17) is 4.74 Å². The van der Waals surface area contributed by atoms with E-state index in [0.717, 1.165) is 0 Å². The Bertz CT molecular complexity index is 194. The first-order valence-electron chi connectivity index (χ1n) is 5.67. The monoisotopic (exact) mass is 215 g/mol. The number of ether oxygens (including phenoxy) is 1. The Hall–Kier alpha value is -0.570. The Kier molecular flexibility index (Phi) is 5.88. The van der Waals surface area contributed by atoms with Crippen molar-refractivity contribution in [2.75, 3.05) is 6.54 Å². The van der Waals surface area contributed by atoms with Crippen LogP contribution in [-0.2, 0) is 9.53 Å². The van der Waals surface area contributed by atoms with Gasteiger partial charge in [-0.1, -0.05) is 13.8 Å². The zero-order valence-electron chi connectivity index (χ0n) is 10.9. The highest BCUT2D eigenvalue weighted by Crippen LogP contribution is 2.06. The van der Waals surface area contributed by atoms with Gasteiger partial charge in [0.25, 0.3) is 0 Å². The lowest BCUT2D eigenvalue weighted by Gasteiger charge is -2.21. The molecule has 0 saturated carbocycles. The molecule has 0 amide bonds. The molecular formula is C12H25NO2. The molecule has 1 unspecified atom stereocenters. The summed E-state index contributed by atoms with van der Waals surface area (Å²) < 4.78 is 5.25. The summed E-state index contributed by atoms with van der Waals surface area (Å²) >= 11 is 0. The fourth-order valence-corrected chi connectivity index (χ4v) is 0.942. The summed E-state index contributed by atoms with van der Waals surface area (Å²) in [5.74, 6) is 0.262. The van der Waals surface area contributed by atoms with Crippen molar-refractivity contribution in [1.82, 2.24) is 5.32 Å². The average molecular weight is 215 g/mol. The van der Waals surface area contributed by atoms with Crippen LogP contribution in [0.2, 0.25) is 0 Å². The molecule has 0 aliphatic carbocycles. The van der Waals surface area contributed by atoms with Crippen LogP contribution in [0.25, 0.3) is 0 Å². The van der Waals surface area contributed by atoms with E-state index in [1.807, 2.05) is 20.8 Å². The molecule has 1 N–H and O–H groups in total. The highest BCUT2D eigenvalue weighted by Gasteiger charge is 2.14. The van der Waals surface area contributed by atoms with Crippen LogP contribution in [-0.4, -0.2) is 24.2 Å². The standard InChI is InChI=1S/C12H25NO2/c1-9(2)10(3)15-11(14)7-8-13-12(4,5)6/h9-10,13H,7-8H2,1-6H3. The molecule has 0 aromatic rings. The SMILES string of the molecule is CC(C)C(C)OC(=O)CCNC(C)(C)C. The molecule has 0 spiro atoms. The van der Waals surface area contributed by atoms with Crippen LogP contribution in [0.15, 0.2) is 0 Å². The number of hydrogen-bond donors (Lipinski definition) is 1. The number of carbonyl (C=O) groups excluding carboxylic acids is 1. The van der Waals surface area contributed by atoms with Gasteiger partial charge >= 0.3 is 5.97 Å². The van der Waals surface area contributed by atoms with Crippen LogP contribution in [0.3, 0.4) is 0 Å². The molecule has 0 heterocycles. The van der Waals surface area contributed by atoms with Gasteiger partial charge in [0, 0.05) is 12.1 Å². The van der Waals surface area contributed by atoms with Crippen LogP contribution in [0, 0.1) is 5.92 Å². The fraction of sp³-hybridized carbons (Fsp3) is 0.917. The molecule has 0 bridgehead atoms. The zero-order chi connectivity index (χ0) is 12.1. The van der Waals surface area contributed by atoms with Gasteiger partial charge in [-0.3, -0.25) is 4.79 Å². The van der Waals surface area contributed by atoms with E-state index in [9.17, 15) is 4.79 Å². The maximum Gasteiger partial charge on any atom is 0.307 e. The van der Waals surface area contributed by atoms with E-state index in [1.54, 1.807) is 0 Å². The van der Waals surface area contributed by atoms with Crippen molar-refractivity contribution in [2.45, 2.75) is 59.6 Å². The van der Waals surface area contributed by atoms with Crippen LogP contribution < -0.4 is 5.32 Å². The first kappa shape index (κ1) is 14.4. The van der Waals surface area contributed by atoms with Gasteiger partial charge in [-0.15, -0.1) is 0 Å². The second kappa shape index (κ2) is 6.11. The number of hydrogen-bond acceptors (Lipinski definition) is 3. The van der Waals surface area contributed by atoms with Crippen molar-refractivity contribution < 1.29 is 9.53 Å². The van der Waals surface area contributed by atoms with Gasteiger partial charge in [0.15, 0.2) is 0 Å². The number of esters is 1. The molecule has 0 rings (SSSR count). The third kappa shape index (κ3) is 8.43. The van der Waals surface area contributed by atoms with Crippen LogP contribution in [0.5, 0.6) is 0 Å². The van der Waals surface area contributed by atoms with Crippen molar-refractivity contribution in [2.24, 2.45) is 5.92 Å². The van der Waals surface area contributed by atoms with E-state index in [2.05, 4.69) is 26.1 Å². The topological polar surface area (TPSA) is 38.3 Å². The van der Waals surface area contributed by atoms with Gasteiger partial charge < -0.3 is 10.1 Å². The van der Waals surface area contributed by atoms with Crippen LogP contribution in [0.4, 0.5) is 0 Å². The smallest absolute Gasteiger partial charge is 0.307 e. The Morgan fingerprint density at radius 2 is 1.80 bits per heavy atom. The second-order valence-corrected chi connectivity index (χ2v) is 5.37. The van der Waals surface area contributed by atoms with E-state index < -0.39 is 0 Å². The molecule has 0 aromatic heterocycles. The van der Waals surface area contributed by atoms with Gasteiger partial charge in [-0.05, 0) is 33.6 Å². The lowest BCUT2D eigenvalue weighted by Crippen LogP contribution is -2.37. The summed E-state index contributed by atoms with van der Waals surface area (Å²) in [5.41, 5.74) is 0.0595. The molecule has 15 heavy (non-hydrogen) atoms. The van der Waals surface area contributed by atoms with Gasteiger partial charge in [0.2, 0.25) is 0 Å². The van der Waals surface area contributed by atoms with Crippen molar-refractivity contribution in [3.63, 3.8) is 0 Å². The highest BCUT2D eigenvalue weighted by molar-refractivity contribution is 5.69. The number of nitrogens with one attached hydrogen (secondary N) is 1. The van der Waals surface area contributed by atoms with Gasteiger partial charge in [0.1, 0.15) is 6.10 Å². The molecular weight excluding hydrogens is 190 g/mol. The first-order valence-corrected chi connectivity index (χ1v) is 5.67. The Labute approximate surface area is 93.6 Å². The van der Waals surface area contributed by atoms with Crippen LogP contribution >= 0.6 is 0 Å². The molecule has 3 nitrogen and oxygen atoms in total. The van der Waals surface area contributed by atoms with Crippen molar-refractivity contribution in [3.05, 3.63) is 0 Å². The number of rotatable bonds is 5. The third-order valence-corrected chi connectivity index (χ3v) is 2.24. The van der Waals surface area contributed by atoms with Crippen molar-refractivity contribution in [3.8, 4) is 0 Å².